The maximum atomic E-state index is 13.5. The van der Waals surface area contributed by atoms with Crippen LogP contribution in [0.4, 0.5) is 0 Å². The first-order chi connectivity index (χ1) is 17.7. The van der Waals surface area contributed by atoms with E-state index in [-0.39, 0.29) is 42.1 Å². The Hall–Kier alpha value is -1.18. The van der Waals surface area contributed by atoms with Gasteiger partial charge in [0.25, 0.3) is 0 Å². The Morgan fingerprint density at radius 3 is 2.34 bits per heavy atom. The van der Waals surface area contributed by atoms with Crippen molar-refractivity contribution in [2.75, 3.05) is 6.61 Å². The van der Waals surface area contributed by atoms with E-state index in [2.05, 4.69) is 6.92 Å². The fourth-order valence-electron chi connectivity index (χ4n) is 9.29. The van der Waals surface area contributed by atoms with E-state index >= 15 is 0 Å². The first kappa shape index (κ1) is 28.4. The summed E-state index contributed by atoms with van der Waals surface area (Å²) in [5.74, 6) is -1.69. The lowest BCUT2D eigenvalue weighted by Crippen LogP contribution is -2.63. The van der Waals surface area contributed by atoms with Crippen LogP contribution in [0.15, 0.2) is 0 Å². The van der Waals surface area contributed by atoms with Gasteiger partial charge in [0.2, 0.25) is 0 Å². The molecule has 11 nitrogen and oxygen atoms in total. The largest absolute Gasteiger partial charge is 0.479 e. The van der Waals surface area contributed by atoms with E-state index in [1.807, 2.05) is 6.92 Å². The third-order valence-electron chi connectivity index (χ3n) is 11.4. The number of aliphatic hydroxyl groups excluding tert-OH is 5. The monoisotopic (exact) mass is 542 g/mol. The molecule has 7 N–H and O–H groups in total. The second-order valence-corrected chi connectivity index (χ2v) is 13.1. The van der Waals surface area contributed by atoms with Crippen molar-refractivity contribution in [2.24, 2.45) is 34.5 Å². The maximum absolute atomic E-state index is 13.5. The summed E-state index contributed by atoms with van der Waals surface area (Å²) in [6.45, 7) is 3.39. The molecule has 1 heterocycles. The molecule has 5 aliphatic rings. The molecule has 4 saturated carbocycles. The van der Waals surface area contributed by atoms with E-state index in [1.165, 1.54) is 0 Å². The Morgan fingerprint density at radius 1 is 0.947 bits per heavy atom. The number of carbonyl (C=O) groups excluding carboxylic acids is 1. The molecular weight excluding hydrogens is 500 g/mol. The Bertz CT molecular complexity index is 944. The fourth-order valence-corrected chi connectivity index (χ4v) is 9.29. The summed E-state index contributed by atoms with van der Waals surface area (Å²) in [7, 11) is 0. The third-order valence-corrected chi connectivity index (χ3v) is 11.4. The fraction of sp³-hybridized carbons (Fsp3) is 0.926. The van der Waals surface area contributed by atoms with Crippen LogP contribution in [0, 0.1) is 34.5 Å². The summed E-state index contributed by atoms with van der Waals surface area (Å²) in [6.07, 6.45) is -4.90. The zero-order valence-corrected chi connectivity index (χ0v) is 22.0. The molecule has 0 spiro atoms. The molecule has 0 radical (unpaired) electrons. The van der Waals surface area contributed by atoms with Gasteiger partial charge in [0.15, 0.2) is 18.2 Å². The van der Waals surface area contributed by atoms with Gasteiger partial charge >= 0.3 is 5.97 Å². The molecule has 1 saturated heterocycles. The molecule has 5 fully saturated rings. The van der Waals surface area contributed by atoms with Gasteiger partial charge in [-0.15, -0.1) is 0 Å². The maximum Gasteiger partial charge on any atom is 0.335 e. The number of aliphatic carboxylic acids is 1. The van der Waals surface area contributed by atoms with Crippen molar-refractivity contribution in [2.45, 2.75) is 114 Å². The molecule has 0 aromatic rings. The predicted octanol–water partition coefficient (Wildman–Crippen LogP) is -0.430. The first-order valence-corrected chi connectivity index (χ1v) is 13.9. The van der Waals surface area contributed by atoms with E-state index in [4.69, 9.17) is 9.47 Å². The summed E-state index contributed by atoms with van der Waals surface area (Å²) >= 11 is 0. The Balaban J connectivity index is 1.32. The van der Waals surface area contributed by atoms with Crippen LogP contribution in [0.5, 0.6) is 0 Å². The van der Waals surface area contributed by atoms with Crippen LogP contribution in [0.1, 0.15) is 65.2 Å². The quantitative estimate of drug-likeness (QED) is 0.238. The molecule has 216 valence electrons. The number of fused-ring (bicyclic) bond motifs is 5. The van der Waals surface area contributed by atoms with Gasteiger partial charge in [0.1, 0.15) is 30.5 Å². The number of rotatable bonds is 5. The van der Waals surface area contributed by atoms with Gasteiger partial charge in [-0.25, -0.2) is 4.79 Å². The topological polar surface area (TPSA) is 194 Å². The lowest BCUT2D eigenvalue weighted by Gasteiger charge is -2.62. The number of ketones is 1. The highest BCUT2D eigenvalue weighted by molar-refractivity contribution is 5.89. The third kappa shape index (κ3) is 4.08. The SMILES string of the molecule is C[C@]12CC[C@H](O)C[C@@H]1CC[C@H]1[C@H]2[C@@H](O)C[C@@]2(C)[C@@H]1CC[C@@]2(O)C(=O)CO[C@H]1O[C@@H](C(=O)O)[C@H](O)[C@H](O)[C@H]1O. The summed E-state index contributed by atoms with van der Waals surface area (Å²) in [4.78, 5) is 24.8. The molecule has 4 aliphatic carbocycles. The minimum absolute atomic E-state index is 0.0133. The second-order valence-electron chi connectivity index (χ2n) is 13.1. The van der Waals surface area contributed by atoms with Crippen LogP contribution in [0.3, 0.4) is 0 Å². The second kappa shape index (κ2) is 9.73. The van der Waals surface area contributed by atoms with Crippen molar-refractivity contribution < 1.29 is 54.8 Å². The van der Waals surface area contributed by atoms with Gasteiger partial charge in [0, 0.05) is 5.41 Å². The molecule has 14 atom stereocenters. The number of Topliss-reactive ketones (excluding diaryl/α,β-unsaturated/α-hetero) is 1. The van der Waals surface area contributed by atoms with Crippen LogP contribution in [0.2, 0.25) is 0 Å². The summed E-state index contributed by atoms with van der Waals surface area (Å²) in [5.41, 5.74) is -2.80. The molecule has 38 heavy (non-hydrogen) atoms. The van der Waals surface area contributed by atoms with Crippen molar-refractivity contribution in [1.29, 1.82) is 0 Å². The lowest BCUT2D eigenvalue weighted by atomic mass is 9.43. The molecule has 0 bridgehead atoms. The number of hydrogen-bond acceptors (Lipinski definition) is 10. The predicted molar refractivity (Wildman–Crippen MR) is 129 cm³/mol. The number of carbonyl (C=O) groups is 2. The highest BCUT2D eigenvalue weighted by Crippen LogP contribution is 2.68. The molecule has 1 aliphatic heterocycles. The van der Waals surface area contributed by atoms with Crippen LogP contribution >= 0.6 is 0 Å². The average molecular weight is 543 g/mol. The molecular formula is C27H42O11. The van der Waals surface area contributed by atoms with E-state index in [9.17, 15) is 45.3 Å². The molecule has 11 heteroatoms. The van der Waals surface area contributed by atoms with Gasteiger partial charge in [-0.05, 0) is 80.5 Å². The van der Waals surface area contributed by atoms with Crippen LogP contribution < -0.4 is 0 Å². The lowest BCUT2D eigenvalue weighted by molar-refractivity contribution is -0.293. The minimum atomic E-state index is -1.88. The van der Waals surface area contributed by atoms with Crippen molar-refractivity contribution in [1.82, 2.24) is 0 Å². The number of aliphatic hydroxyl groups is 6. The van der Waals surface area contributed by atoms with Gasteiger partial charge in [-0.2, -0.15) is 0 Å². The summed E-state index contributed by atoms with van der Waals surface area (Å²) in [5, 5.41) is 72.9. The van der Waals surface area contributed by atoms with Crippen molar-refractivity contribution in [3.05, 3.63) is 0 Å². The Labute approximate surface area is 221 Å². The molecule has 0 amide bonds. The van der Waals surface area contributed by atoms with Crippen LogP contribution in [-0.2, 0) is 19.1 Å². The van der Waals surface area contributed by atoms with Gasteiger partial charge < -0.3 is 45.2 Å². The van der Waals surface area contributed by atoms with Crippen molar-refractivity contribution in [3.63, 3.8) is 0 Å². The van der Waals surface area contributed by atoms with Gasteiger partial charge in [0.05, 0.1) is 12.2 Å². The molecule has 0 aromatic carbocycles. The zero-order valence-electron chi connectivity index (χ0n) is 22.0. The van der Waals surface area contributed by atoms with E-state index in [0.29, 0.717) is 18.8 Å². The van der Waals surface area contributed by atoms with Crippen molar-refractivity contribution in [3.8, 4) is 0 Å². The average Bonchev–Trinajstić information content (AvgIpc) is 3.13. The molecule has 0 aromatic heterocycles. The zero-order chi connectivity index (χ0) is 27.8. The van der Waals surface area contributed by atoms with Gasteiger partial charge in [-0.1, -0.05) is 13.8 Å². The number of carboxylic acids is 1. The number of carboxylic acid groups (broad SMARTS) is 1. The van der Waals surface area contributed by atoms with Crippen molar-refractivity contribution >= 4 is 11.8 Å². The summed E-state index contributed by atoms with van der Waals surface area (Å²) in [6, 6.07) is 0. The van der Waals surface area contributed by atoms with Crippen LogP contribution in [-0.4, -0.2) is 103 Å². The Kier molecular flexibility index (Phi) is 7.26. The normalized spacial score (nSPS) is 54.5. The number of ether oxygens (including phenoxy) is 2. The molecule has 0 unspecified atom stereocenters. The van der Waals surface area contributed by atoms with E-state index in [1.54, 1.807) is 0 Å². The molecule has 5 rings (SSSR count). The van der Waals surface area contributed by atoms with Gasteiger partial charge in [-0.3, -0.25) is 4.79 Å². The highest BCUT2D eigenvalue weighted by atomic mass is 16.7. The number of hydrogen-bond donors (Lipinski definition) is 7. The van der Waals surface area contributed by atoms with E-state index in [0.717, 1.165) is 25.7 Å². The van der Waals surface area contributed by atoms with E-state index < -0.39 is 66.2 Å². The smallest absolute Gasteiger partial charge is 0.335 e. The first-order valence-electron chi connectivity index (χ1n) is 13.9. The standard InChI is InChI=1S/C27H42O11/c1-25-7-5-13(28)9-12(25)3-4-14-15-6-8-27(36,26(15,2)10-16(29)18(14)25)17(30)11-37-24-21(33)19(31)20(32)22(38-24)23(34)35/h12-16,18-22,24,28-29,31-33,36H,3-11H2,1-2H3,(H,34,35)/t12-,13-,14+,15+,16-,18-,19-,20+,21+,22+,24-,25-,26-,27+/m0/s1. The Morgan fingerprint density at radius 2 is 1.66 bits per heavy atom. The van der Waals surface area contributed by atoms with Crippen LogP contribution in [0.25, 0.3) is 0 Å². The summed E-state index contributed by atoms with van der Waals surface area (Å²) < 4.78 is 10.5. The highest BCUT2D eigenvalue weighted by Gasteiger charge is 2.68. The minimum Gasteiger partial charge on any atom is -0.479 e.